The van der Waals surface area contributed by atoms with Gasteiger partial charge in [0.1, 0.15) is 6.61 Å². The normalized spacial score (nSPS) is 14.1. The van der Waals surface area contributed by atoms with Gasteiger partial charge in [0.2, 0.25) is 0 Å². The van der Waals surface area contributed by atoms with Crippen molar-refractivity contribution in [1.29, 1.82) is 0 Å². The number of likely N-dealkylation sites (N-methyl/N-ethyl adjacent to an activating group) is 1. The second-order valence-electron chi connectivity index (χ2n) is 14.1. The number of unbranched alkanes of at least 4 members (excludes halogenated alkanes) is 2. The molecule has 0 aromatic carbocycles. The first-order valence-electron chi connectivity index (χ1n) is 20.4. The van der Waals surface area contributed by atoms with E-state index >= 15 is 0 Å². The summed E-state index contributed by atoms with van der Waals surface area (Å²) in [5.74, 6) is -1.65. The van der Waals surface area contributed by atoms with Gasteiger partial charge < -0.3 is 23.8 Å². The number of carboxylic acids is 1. The predicted octanol–water partition coefficient (Wildman–Crippen LogP) is 10.9. The number of hydrogen-bond acceptors (Lipinski definition) is 6. The van der Waals surface area contributed by atoms with Crippen LogP contribution in [0.4, 0.5) is 0 Å². The monoisotopic (exact) mass is 765 g/mol. The number of quaternary nitrogens is 1. The molecule has 308 valence electrons. The summed E-state index contributed by atoms with van der Waals surface area (Å²) >= 11 is 0. The number of carbonyl (C=O) groups excluding carboxylic acids is 2. The molecule has 55 heavy (non-hydrogen) atoms. The van der Waals surface area contributed by atoms with E-state index in [1.807, 2.05) is 33.3 Å². The molecule has 2 atom stereocenters. The van der Waals surface area contributed by atoms with E-state index in [4.69, 9.17) is 14.2 Å². The maximum Gasteiger partial charge on any atom is 0.362 e. The summed E-state index contributed by atoms with van der Waals surface area (Å²) in [5.41, 5.74) is 0. The largest absolute Gasteiger partial charge is 0.477 e. The fourth-order valence-corrected chi connectivity index (χ4v) is 5.07. The van der Waals surface area contributed by atoms with Crippen molar-refractivity contribution >= 4 is 17.9 Å². The molecule has 0 aliphatic rings. The number of carbonyl (C=O) groups is 3. The molecule has 0 saturated carbocycles. The van der Waals surface area contributed by atoms with Gasteiger partial charge in [-0.1, -0.05) is 123 Å². The van der Waals surface area contributed by atoms with Crippen molar-refractivity contribution in [3.8, 4) is 0 Å². The van der Waals surface area contributed by atoms with Gasteiger partial charge in [0.05, 0.1) is 34.4 Å². The fourth-order valence-electron chi connectivity index (χ4n) is 5.07. The van der Waals surface area contributed by atoms with Crippen LogP contribution in [-0.4, -0.2) is 80.6 Å². The molecule has 0 bridgehead atoms. The molecule has 0 aliphatic heterocycles. The SMILES string of the molecule is CC/C=C/C/C=C/C/C=C/C/C=C/C/C=C/C/C=C/CCC(=O)OCC(COCCC(C(=O)O)[N+](C)(C)C)OC(=O)CCCC/C=C/C/C=C/C/C=C/CC. The van der Waals surface area contributed by atoms with E-state index in [2.05, 4.69) is 111 Å². The summed E-state index contributed by atoms with van der Waals surface area (Å²) in [6.45, 7) is 4.34. The zero-order valence-electron chi connectivity index (χ0n) is 34.8. The summed E-state index contributed by atoms with van der Waals surface area (Å²) in [7, 11) is 5.47. The molecule has 0 heterocycles. The highest BCUT2D eigenvalue weighted by Crippen LogP contribution is 2.10. The Morgan fingerprint density at radius 2 is 0.982 bits per heavy atom. The molecule has 0 fully saturated rings. The Morgan fingerprint density at radius 3 is 1.42 bits per heavy atom. The lowest BCUT2D eigenvalue weighted by Crippen LogP contribution is -2.50. The van der Waals surface area contributed by atoms with Crippen LogP contribution >= 0.6 is 0 Å². The molecule has 8 nitrogen and oxygen atoms in total. The molecule has 0 saturated heterocycles. The van der Waals surface area contributed by atoms with Crippen LogP contribution in [0, 0.1) is 0 Å². The molecule has 0 amide bonds. The lowest BCUT2D eigenvalue weighted by Gasteiger charge is -2.31. The van der Waals surface area contributed by atoms with Crippen LogP contribution in [0.15, 0.2) is 109 Å². The lowest BCUT2D eigenvalue weighted by atomic mass is 10.1. The first-order chi connectivity index (χ1) is 26.6. The van der Waals surface area contributed by atoms with E-state index in [-0.39, 0.29) is 49.1 Å². The number of esters is 2. The molecule has 0 spiro atoms. The Kier molecular flexibility index (Phi) is 34.2. The molecular formula is C47H74NO7+. The number of nitrogens with zero attached hydrogens (tertiary/aromatic N) is 1. The van der Waals surface area contributed by atoms with E-state index in [0.717, 1.165) is 70.6 Å². The molecule has 0 rings (SSSR count). The van der Waals surface area contributed by atoms with Crippen molar-refractivity contribution in [2.45, 2.75) is 129 Å². The Morgan fingerprint density at radius 1 is 0.545 bits per heavy atom. The van der Waals surface area contributed by atoms with Crippen LogP contribution in [0.1, 0.15) is 117 Å². The van der Waals surface area contributed by atoms with Crippen molar-refractivity contribution in [3.63, 3.8) is 0 Å². The zero-order valence-corrected chi connectivity index (χ0v) is 34.8. The van der Waals surface area contributed by atoms with Gasteiger partial charge in [-0.25, -0.2) is 4.79 Å². The Labute approximate surface area is 334 Å². The molecule has 0 radical (unpaired) electrons. The van der Waals surface area contributed by atoms with E-state index in [1.54, 1.807) is 0 Å². The fraction of sp³-hybridized carbons (Fsp3) is 0.553. The number of allylic oxidation sites excluding steroid dienone is 18. The molecule has 8 heteroatoms. The van der Waals surface area contributed by atoms with E-state index in [1.165, 1.54) is 0 Å². The number of rotatable bonds is 34. The van der Waals surface area contributed by atoms with Gasteiger partial charge in [-0.2, -0.15) is 0 Å². The van der Waals surface area contributed by atoms with Gasteiger partial charge in [0.25, 0.3) is 0 Å². The molecule has 0 aromatic heterocycles. The average Bonchev–Trinajstić information content (AvgIpc) is 3.14. The van der Waals surface area contributed by atoms with Crippen LogP contribution < -0.4 is 0 Å². The highest BCUT2D eigenvalue weighted by atomic mass is 16.6. The summed E-state index contributed by atoms with van der Waals surface area (Å²) in [6, 6.07) is -0.638. The van der Waals surface area contributed by atoms with Gasteiger partial charge >= 0.3 is 17.9 Å². The van der Waals surface area contributed by atoms with Crippen LogP contribution in [0.5, 0.6) is 0 Å². The average molecular weight is 765 g/mol. The van der Waals surface area contributed by atoms with E-state index < -0.39 is 18.1 Å². The van der Waals surface area contributed by atoms with E-state index in [0.29, 0.717) is 19.3 Å². The topological polar surface area (TPSA) is 99.1 Å². The van der Waals surface area contributed by atoms with Gasteiger partial charge in [0.15, 0.2) is 12.1 Å². The minimum atomic E-state index is -0.897. The van der Waals surface area contributed by atoms with Crippen LogP contribution in [0.3, 0.4) is 0 Å². The van der Waals surface area contributed by atoms with E-state index in [9.17, 15) is 19.5 Å². The zero-order chi connectivity index (χ0) is 40.7. The molecule has 0 aromatic rings. The second kappa shape index (κ2) is 36.9. The third-order valence-electron chi connectivity index (χ3n) is 8.18. The summed E-state index contributed by atoms with van der Waals surface area (Å²) in [5, 5.41) is 9.59. The predicted molar refractivity (Wildman–Crippen MR) is 229 cm³/mol. The van der Waals surface area contributed by atoms with Crippen molar-refractivity contribution in [2.75, 3.05) is 41.0 Å². The molecule has 0 aliphatic carbocycles. The summed E-state index contributed by atoms with van der Waals surface area (Å²) < 4.78 is 17.1. The summed E-state index contributed by atoms with van der Waals surface area (Å²) in [4.78, 5) is 36.8. The minimum absolute atomic E-state index is 0.0140. The van der Waals surface area contributed by atoms with Crippen molar-refractivity contribution in [1.82, 2.24) is 0 Å². The highest BCUT2D eigenvalue weighted by Gasteiger charge is 2.31. The van der Waals surface area contributed by atoms with Gasteiger partial charge in [0, 0.05) is 19.3 Å². The second-order valence-corrected chi connectivity index (χ2v) is 14.1. The third kappa shape index (κ3) is 35.4. The standard InChI is InChI=1S/C47H73NO7/c1-6-8-10-12-14-16-18-20-21-22-23-24-25-26-28-29-31-33-35-37-45(49)54-42-43(41-53-40-39-44(47(51)52)48(3,4)5)55-46(50)38-36-34-32-30-27-19-17-15-13-11-9-7-2/h8-11,14-17,20-21,23-24,26-28,30-31,33,43-44H,6-7,12-13,18-19,22,25,29,32,34-42H2,1-5H3/p+1/b10-8+,11-9+,16-14+,17-15+,21-20+,24-23+,28-26+,30-27+,33-31+. The minimum Gasteiger partial charge on any atom is -0.477 e. The highest BCUT2D eigenvalue weighted by molar-refractivity contribution is 5.72. The van der Waals surface area contributed by atoms with Gasteiger partial charge in [-0.15, -0.1) is 0 Å². The Bertz CT molecular complexity index is 1260. The van der Waals surface area contributed by atoms with Crippen molar-refractivity contribution in [2.24, 2.45) is 0 Å². The molecule has 2 unspecified atom stereocenters. The van der Waals surface area contributed by atoms with Crippen LogP contribution in [-0.2, 0) is 28.6 Å². The van der Waals surface area contributed by atoms with Crippen molar-refractivity contribution < 1.29 is 38.2 Å². The van der Waals surface area contributed by atoms with Gasteiger partial charge in [-0.05, 0) is 83.5 Å². The molecule has 1 N–H and O–H groups in total. The maximum absolute atomic E-state index is 12.6. The lowest BCUT2D eigenvalue weighted by molar-refractivity contribution is -0.887. The summed E-state index contributed by atoms with van der Waals surface area (Å²) in [6.07, 6.45) is 50.1. The molecular weight excluding hydrogens is 691 g/mol. The maximum atomic E-state index is 12.6. The van der Waals surface area contributed by atoms with Gasteiger partial charge in [-0.3, -0.25) is 9.59 Å². The first-order valence-corrected chi connectivity index (χ1v) is 20.4. The first kappa shape index (κ1) is 51.0. The number of carboxylic acid groups (broad SMARTS) is 1. The smallest absolute Gasteiger partial charge is 0.362 e. The van der Waals surface area contributed by atoms with Crippen molar-refractivity contribution in [3.05, 3.63) is 109 Å². The van der Waals surface area contributed by atoms with Crippen LogP contribution in [0.25, 0.3) is 0 Å². The number of hydrogen-bond donors (Lipinski definition) is 1. The quantitative estimate of drug-likeness (QED) is 0.0301. The third-order valence-corrected chi connectivity index (χ3v) is 8.18. The Balaban J connectivity index is 4.57. The van der Waals surface area contributed by atoms with Crippen LogP contribution in [0.2, 0.25) is 0 Å². The number of aliphatic carboxylic acids is 1. The number of ether oxygens (including phenoxy) is 3. The Hall–Kier alpha value is -4.01.